The molecule has 4 aromatic carbocycles. The minimum absolute atomic E-state index is 0.179. The standard InChI is InChI=1S/C29H21F3N2O5/c1-36-26-15-22-24(16-27(26)37-2)33-13-12-25(22)38-20-10-11-21-18(14-20)4-3-5-23(21)34-28(35)17-6-8-19(9-7-17)39-29(30,31)32/h3-16H,1-2H3,(H,34,35). The van der Waals surface area contributed by atoms with Gasteiger partial charge in [-0.2, -0.15) is 0 Å². The summed E-state index contributed by atoms with van der Waals surface area (Å²) in [7, 11) is 3.11. The average Bonchev–Trinajstić information content (AvgIpc) is 2.92. The molecule has 0 fully saturated rings. The van der Waals surface area contributed by atoms with Crippen LogP contribution in [-0.4, -0.2) is 31.5 Å². The number of anilines is 1. The van der Waals surface area contributed by atoms with Crippen LogP contribution in [0.5, 0.6) is 28.7 Å². The van der Waals surface area contributed by atoms with E-state index in [4.69, 9.17) is 14.2 Å². The molecule has 5 aromatic rings. The summed E-state index contributed by atoms with van der Waals surface area (Å²) in [6, 6.07) is 20.8. The Bertz CT molecular complexity index is 1670. The lowest BCUT2D eigenvalue weighted by molar-refractivity contribution is -0.274. The van der Waals surface area contributed by atoms with E-state index >= 15 is 0 Å². The van der Waals surface area contributed by atoms with Crippen LogP contribution in [-0.2, 0) is 0 Å². The highest BCUT2D eigenvalue weighted by Gasteiger charge is 2.31. The summed E-state index contributed by atoms with van der Waals surface area (Å²) in [5.41, 5.74) is 1.39. The van der Waals surface area contributed by atoms with Gasteiger partial charge in [-0.05, 0) is 66.0 Å². The van der Waals surface area contributed by atoms with Crippen LogP contribution >= 0.6 is 0 Å². The second kappa shape index (κ2) is 10.4. The Morgan fingerprint density at radius 2 is 1.51 bits per heavy atom. The van der Waals surface area contributed by atoms with Crippen LogP contribution in [0.3, 0.4) is 0 Å². The zero-order valence-corrected chi connectivity index (χ0v) is 20.7. The van der Waals surface area contributed by atoms with Crippen molar-refractivity contribution >= 4 is 33.3 Å². The number of benzene rings is 4. The number of hydrogen-bond acceptors (Lipinski definition) is 6. The lowest BCUT2D eigenvalue weighted by atomic mass is 10.1. The first-order valence-corrected chi connectivity index (χ1v) is 11.6. The van der Waals surface area contributed by atoms with Crippen LogP contribution in [0.25, 0.3) is 21.7 Å². The minimum Gasteiger partial charge on any atom is -0.493 e. The Hall–Kier alpha value is -4.99. The highest BCUT2D eigenvalue weighted by Crippen LogP contribution is 2.38. The fourth-order valence-corrected chi connectivity index (χ4v) is 4.10. The molecule has 1 amide bonds. The largest absolute Gasteiger partial charge is 0.573 e. The van der Waals surface area contributed by atoms with E-state index in [9.17, 15) is 18.0 Å². The van der Waals surface area contributed by atoms with Gasteiger partial charge in [0.25, 0.3) is 5.91 Å². The number of pyridine rings is 1. The number of fused-ring (bicyclic) bond motifs is 2. The third-order valence-electron chi connectivity index (χ3n) is 5.88. The van der Waals surface area contributed by atoms with Gasteiger partial charge in [-0.3, -0.25) is 9.78 Å². The number of amides is 1. The van der Waals surface area contributed by atoms with E-state index in [2.05, 4.69) is 15.0 Å². The van der Waals surface area contributed by atoms with Gasteiger partial charge in [-0.25, -0.2) is 0 Å². The van der Waals surface area contributed by atoms with Crippen molar-refractivity contribution in [2.45, 2.75) is 6.36 Å². The van der Waals surface area contributed by atoms with Gasteiger partial charge in [-0.1, -0.05) is 12.1 Å². The van der Waals surface area contributed by atoms with Crippen LogP contribution in [0.4, 0.5) is 18.9 Å². The Morgan fingerprint density at radius 1 is 0.795 bits per heavy atom. The molecule has 1 N–H and O–H groups in total. The Morgan fingerprint density at radius 3 is 2.23 bits per heavy atom. The molecule has 0 aliphatic carbocycles. The van der Waals surface area contributed by atoms with Gasteiger partial charge in [0.2, 0.25) is 0 Å². The number of nitrogens with zero attached hydrogens (tertiary/aromatic N) is 1. The van der Waals surface area contributed by atoms with Crippen molar-refractivity contribution in [2.24, 2.45) is 0 Å². The lowest BCUT2D eigenvalue weighted by Gasteiger charge is -2.13. The average molecular weight is 534 g/mol. The lowest BCUT2D eigenvalue weighted by Crippen LogP contribution is -2.17. The number of aromatic nitrogens is 1. The first-order chi connectivity index (χ1) is 18.7. The summed E-state index contributed by atoms with van der Waals surface area (Å²) < 4.78 is 58.0. The monoisotopic (exact) mass is 534 g/mol. The van der Waals surface area contributed by atoms with Gasteiger partial charge in [-0.15, -0.1) is 13.2 Å². The van der Waals surface area contributed by atoms with Gasteiger partial charge in [0, 0.05) is 34.3 Å². The fraction of sp³-hybridized carbons (Fsp3) is 0.103. The van der Waals surface area contributed by atoms with E-state index < -0.39 is 18.0 Å². The SMILES string of the molecule is COc1cc2nccc(Oc3ccc4c(NC(=O)c5ccc(OC(F)(F)F)cc5)cccc4c3)c2cc1OC. The van der Waals surface area contributed by atoms with E-state index in [1.54, 1.807) is 56.8 Å². The zero-order valence-electron chi connectivity index (χ0n) is 20.7. The van der Waals surface area contributed by atoms with E-state index in [1.165, 1.54) is 12.1 Å². The van der Waals surface area contributed by atoms with Crippen molar-refractivity contribution in [1.29, 1.82) is 0 Å². The number of carbonyl (C=O) groups is 1. The van der Waals surface area contributed by atoms with Crippen LogP contribution in [0, 0.1) is 0 Å². The molecule has 0 spiro atoms. The second-order valence-electron chi connectivity index (χ2n) is 8.35. The Balaban J connectivity index is 1.38. The van der Waals surface area contributed by atoms with Crippen LogP contribution in [0.15, 0.2) is 85.1 Å². The summed E-state index contributed by atoms with van der Waals surface area (Å²) in [5.74, 6) is 1.35. The number of methoxy groups -OCH3 is 2. The van der Waals surface area contributed by atoms with Crippen molar-refractivity contribution in [1.82, 2.24) is 4.98 Å². The van der Waals surface area contributed by atoms with Crippen molar-refractivity contribution in [3.05, 3.63) is 90.6 Å². The summed E-state index contributed by atoms with van der Waals surface area (Å²) in [6.07, 6.45) is -3.17. The van der Waals surface area contributed by atoms with E-state index in [1.807, 2.05) is 18.2 Å². The predicted molar refractivity (Wildman–Crippen MR) is 140 cm³/mol. The number of carbonyl (C=O) groups excluding carboxylic acids is 1. The molecule has 1 aromatic heterocycles. The minimum atomic E-state index is -4.81. The molecule has 0 saturated heterocycles. The molecule has 5 rings (SSSR count). The Kier molecular flexibility index (Phi) is 6.84. The molecule has 7 nitrogen and oxygen atoms in total. The molecule has 0 unspecified atom stereocenters. The molecule has 0 radical (unpaired) electrons. The highest BCUT2D eigenvalue weighted by molar-refractivity contribution is 6.09. The Labute approximate surface area is 220 Å². The number of rotatable bonds is 7. The third kappa shape index (κ3) is 5.64. The van der Waals surface area contributed by atoms with Gasteiger partial charge < -0.3 is 24.3 Å². The summed E-state index contributed by atoms with van der Waals surface area (Å²) >= 11 is 0. The molecule has 39 heavy (non-hydrogen) atoms. The van der Waals surface area contributed by atoms with Crippen molar-refractivity contribution < 1.29 is 36.9 Å². The predicted octanol–water partition coefficient (Wildman–Crippen LogP) is 7.35. The number of hydrogen-bond donors (Lipinski definition) is 1. The zero-order chi connectivity index (χ0) is 27.6. The number of halogens is 3. The molecule has 10 heteroatoms. The second-order valence-corrected chi connectivity index (χ2v) is 8.35. The first kappa shape index (κ1) is 25.7. The molecular weight excluding hydrogens is 513 g/mol. The molecule has 0 saturated carbocycles. The van der Waals surface area contributed by atoms with E-state index in [-0.39, 0.29) is 5.56 Å². The maximum atomic E-state index is 12.8. The maximum Gasteiger partial charge on any atom is 0.573 e. The molecule has 198 valence electrons. The van der Waals surface area contributed by atoms with E-state index in [0.29, 0.717) is 34.2 Å². The van der Waals surface area contributed by atoms with Gasteiger partial charge >= 0.3 is 6.36 Å². The number of ether oxygens (including phenoxy) is 4. The van der Waals surface area contributed by atoms with Gasteiger partial charge in [0.1, 0.15) is 17.2 Å². The smallest absolute Gasteiger partial charge is 0.493 e. The van der Waals surface area contributed by atoms with Crippen molar-refractivity contribution in [3.63, 3.8) is 0 Å². The fourth-order valence-electron chi connectivity index (χ4n) is 4.10. The van der Waals surface area contributed by atoms with Crippen LogP contribution < -0.4 is 24.3 Å². The van der Waals surface area contributed by atoms with Gasteiger partial charge in [0.05, 0.1) is 19.7 Å². The molecule has 1 heterocycles. The van der Waals surface area contributed by atoms with Crippen LogP contribution in [0.1, 0.15) is 10.4 Å². The molecule has 0 aliphatic heterocycles. The topological polar surface area (TPSA) is 78.9 Å². The van der Waals surface area contributed by atoms with Gasteiger partial charge in [0.15, 0.2) is 11.5 Å². The molecule has 0 atom stereocenters. The van der Waals surface area contributed by atoms with Crippen molar-refractivity contribution in [2.75, 3.05) is 19.5 Å². The number of nitrogens with one attached hydrogen (secondary N) is 1. The number of alkyl halides is 3. The summed E-state index contributed by atoms with van der Waals surface area (Å²) in [6.45, 7) is 0. The first-order valence-electron chi connectivity index (χ1n) is 11.6. The molecule has 0 aliphatic rings. The molecule has 0 bridgehead atoms. The highest BCUT2D eigenvalue weighted by atomic mass is 19.4. The maximum absolute atomic E-state index is 12.8. The summed E-state index contributed by atoms with van der Waals surface area (Å²) in [4.78, 5) is 17.2. The van der Waals surface area contributed by atoms with E-state index in [0.717, 1.165) is 28.3 Å². The van der Waals surface area contributed by atoms with Crippen molar-refractivity contribution in [3.8, 4) is 28.7 Å². The third-order valence-corrected chi connectivity index (χ3v) is 5.88. The van der Waals surface area contributed by atoms with Crippen LogP contribution in [0.2, 0.25) is 0 Å². The quantitative estimate of drug-likeness (QED) is 0.235. The molecular formula is C29H21F3N2O5. The summed E-state index contributed by atoms with van der Waals surface area (Å²) in [5, 5.41) is 5.10. The normalized spacial score (nSPS) is 11.3.